The highest BCUT2D eigenvalue weighted by molar-refractivity contribution is 4.99. The summed E-state index contributed by atoms with van der Waals surface area (Å²) in [5.74, 6) is 0. The number of imidazole rings is 1. The fraction of sp³-hybridized carbons (Fsp3) is 0.786. The molecule has 100 valence electrons. The Morgan fingerprint density at radius 3 is 2.89 bits per heavy atom. The van der Waals surface area contributed by atoms with E-state index in [0.717, 1.165) is 19.1 Å². The van der Waals surface area contributed by atoms with E-state index in [-0.39, 0.29) is 0 Å². The van der Waals surface area contributed by atoms with Crippen molar-refractivity contribution in [1.29, 1.82) is 0 Å². The average molecular weight is 248 g/mol. The van der Waals surface area contributed by atoms with Crippen LogP contribution in [0.1, 0.15) is 44.3 Å². The Morgan fingerprint density at radius 1 is 1.39 bits per heavy atom. The normalized spacial score (nSPS) is 22.5. The third-order valence-electron chi connectivity index (χ3n) is 4.03. The first-order valence-corrected chi connectivity index (χ1v) is 7.29. The van der Waals surface area contributed by atoms with Crippen LogP contribution in [0.4, 0.5) is 0 Å². The molecule has 1 aliphatic carbocycles. The summed E-state index contributed by atoms with van der Waals surface area (Å²) in [6.07, 6.45) is 9.61. The number of hydrogen-bond donors (Lipinski definition) is 1. The molecule has 0 bridgehead atoms. The molecule has 4 heteroatoms. The van der Waals surface area contributed by atoms with Crippen LogP contribution in [0.2, 0.25) is 0 Å². The molecule has 1 unspecified atom stereocenters. The molecule has 3 rings (SSSR count). The van der Waals surface area contributed by atoms with Gasteiger partial charge in [-0.15, -0.1) is 0 Å². The number of nitrogens with one attached hydrogen (secondary N) is 1. The highest BCUT2D eigenvalue weighted by atomic mass is 15.2. The van der Waals surface area contributed by atoms with E-state index in [4.69, 9.17) is 0 Å². The molecule has 2 aliphatic rings. The highest BCUT2D eigenvalue weighted by Gasteiger charge is 2.20. The Morgan fingerprint density at radius 2 is 2.17 bits per heavy atom. The number of rotatable bonds is 6. The van der Waals surface area contributed by atoms with Crippen LogP contribution in [0.5, 0.6) is 0 Å². The maximum absolute atomic E-state index is 4.49. The lowest BCUT2D eigenvalue weighted by molar-refractivity contribution is 0.287. The molecular formula is C14H24N4. The Balaban J connectivity index is 1.50. The van der Waals surface area contributed by atoms with Crippen molar-refractivity contribution in [2.24, 2.45) is 0 Å². The fourth-order valence-electron chi connectivity index (χ4n) is 2.68. The summed E-state index contributed by atoms with van der Waals surface area (Å²) in [6, 6.07) is 1.29. The van der Waals surface area contributed by atoms with Crippen molar-refractivity contribution in [1.82, 2.24) is 19.8 Å². The van der Waals surface area contributed by atoms with E-state index in [0.29, 0.717) is 6.04 Å². The zero-order valence-corrected chi connectivity index (χ0v) is 11.3. The fourth-order valence-corrected chi connectivity index (χ4v) is 2.68. The molecule has 0 radical (unpaired) electrons. The first-order valence-electron chi connectivity index (χ1n) is 7.29. The number of nitrogens with zero attached hydrogens (tertiary/aromatic N) is 3. The zero-order valence-electron chi connectivity index (χ0n) is 11.3. The van der Waals surface area contributed by atoms with Crippen LogP contribution >= 0.6 is 0 Å². The summed E-state index contributed by atoms with van der Waals surface area (Å²) >= 11 is 0. The third-order valence-corrected chi connectivity index (χ3v) is 4.03. The first-order chi connectivity index (χ1) is 8.81. The van der Waals surface area contributed by atoms with Crippen LogP contribution in [0, 0.1) is 0 Å². The topological polar surface area (TPSA) is 33.1 Å². The zero-order chi connectivity index (χ0) is 12.4. The van der Waals surface area contributed by atoms with Gasteiger partial charge in [0.1, 0.15) is 0 Å². The molecule has 1 aromatic heterocycles. The minimum absolute atomic E-state index is 0.533. The molecule has 0 amide bonds. The van der Waals surface area contributed by atoms with Crippen LogP contribution in [0.15, 0.2) is 12.5 Å². The Labute approximate surface area is 109 Å². The molecule has 0 aromatic carbocycles. The van der Waals surface area contributed by atoms with Crippen LogP contribution in [0.25, 0.3) is 0 Å². The van der Waals surface area contributed by atoms with E-state index in [9.17, 15) is 0 Å². The number of likely N-dealkylation sites (tertiary alicyclic amines) is 1. The molecule has 1 N–H and O–H groups in total. The SMILES string of the molecule is CC(CN1CCCC1)n1cnc(CNC2CC2)c1. The van der Waals surface area contributed by atoms with Gasteiger partial charge in [0.15, 0.2) is 0 Å². The molecule has 1 aliphatic heterocycles. The lowest BCUT2D eigenvalue weighted by Crippen LogP contribution is -2.26. The van der Waals surface area contributed by atoms with Gasteiger partial charge in [-0.05, 0) is 45.7 Å². The third kappa shape index (κ3) is 3.12. The second-order valence-corrected chi connectivity index (χ2v) is 5.82. The number of aromatic nitrogens is 2. The minimum atomic E-state index is 0.533. The highest BCUT2D eigenvalue weighted by Crippen LogP contribution is 2.19. The summed E-state index contributed by atoms with van der Waals surface area (Å²) < 4.78 is 2.27. The Bertz CT molecular complexity index is 377. The maximum atomic E-state index is 4.49. The van der Waals surface area contributed by atoms with Crippen molar-refractivity contribution in [2.75, 3.05) is 19.6 Å². The Kier molecular flexibility index (Phi) is 3.66. The van der Waals surface area contributed by atoms with Crippen LogP contribution in [-0.2, 0) is 6.54 Å². The quantitative estimate of drug-likeness (QED) is 0.833. The van der Waals surface area contributed by atoms with E-state index in [1.54, 1.807) is 0 Å². The molecule has 1 saturated carbocycles. The summed E-state index contributed by atoms with van der Waals surface area (Å²) in [4.78, 5) is 7.06. The van der Waals surface area contributed by atoms with Gasteiger partial charge in [0, 0.05) is 31.4 Å². The lowest BCUT2D eigenvalue weighted by atomic mass is 10.3. The molecule has 2 fully saturated rings. The van der Waals surface area contributed by atoms with Crippen molar-refractivity contribution < 1.29 is 0 Å². The largest absolute Gasteiger partial charge is 0.333 e. The molecule has 1 saturated heterocycles. The van der Waals surface area contributed by atoms with Crippen molar-refractivity contribution >= 4 is 0 Å². The van der Waals surface area contributed by atoms with Crippen molar-refractivity contribution in [3.05, 3.63) is 18.2 Å². The van der Waals surface area contributed by atoms with E-state index in [1.807, 2.05) is 6.33 Å². The van der Waals surface area contributed by atoms with Gasteiger partial charge in [0.2, 0.25) is 0 Å². The van der Waals surface area contributed by atoms with Crippen LogP contribution < -0.4 is 5.32 Å². The minimum Gasteiger partial charge on any atom is -0.333 e. The van der Waals surface area contributed by atoms with Crippen molar-refractivity contribution in [3.63, 3.8) is 0 Å². The van der Waals surface area contributed by atoms with Crippen molar-refractivity contribution in [2.45, 2.75) is 51.2 Å². The first kappa shape index (κ1) is 12.2. The van der Waals surface area contributed by atoms with E-state index < -0.39 is 0 Å². The van der Waals surface area contributed by atoms with Gasteiger partial charge in [0.25, 0.3) is 0 Å². The summed E-state index contributed by atoms with van der Waals surface area (Å²) in [6.45, 7) is 6.92. The molecule has 1 aromatic rings. The molecular weight excluding hydrogens is 224 g/mol. The van der Waals surface area contributed by atoms with Crippen molar-refractivity contribution in [3.8, 4) is 0 Å². The predicted molar refractivity (Wildman–Crippen MR) is 72.5 cm³/mol. The van der Waals surface area contributed by atoms with Gasteiger partial charge in [-0.2, -0.15) is 0 Å². The van der Waals surface area contributed by atoms with Gasteiger partial charge in [-0.25, -0.2) is 4.98 Å². The van der Waals surface area contributed by atoms with Gasteiger partial charge >= 0.3 is 0 Å². The standard InChI is InChI=1S/C14H24N4/c1-12(9-17-6-2-3-7-17)18-10-14(16-11-18)8-15-13-4-5-13/h10-13,15H,2-9H2,1H3. The van der Waals surface area contributed by atoms with Crippen LogP contribution in [-0.4, -0.2) is 40.1 Å². The average Bonchev–Trinajstić information content (AvgIpc) is 2.88. The van der Waals surface area contributed by atoms with Gasteiger partial charge < -0.3 is 14.8 Å². The molecule has 4 nitrogen and oxygen atoms in total. The second kappa shape index (κ2) is 5.41. The number of hydrogen-bond acceptors (Lipinski definition) is 3. The van der Waals surface area contributed by atoms with Crippen LogP contribution in [0.3, 0.4) is 0 Å². The van der Waals surface area contributed by atoms with E-state index in [2.05, 4.69) is 32.9 Å². The maximum Gasteiger partial charge on any atom is 0.0952 e. The lowest BCUT2D eigenvalue weighted by Gasteiger charge is -2.20. The predicted octanol–water partition coefficient (Wildman–Crippen LogP) is 1.79. The summed E-state index contributed by atoms with van der Waals surface area (Å²) in [5, 5.41) is 3.51. The Hall–Kier alpha value is -0.870. The second-order valence-electron chi connectivity index (χ2n) is 5.82. The van der Waals surface area contributed by atoms with E-state index >= 15 is 0 Å². The van der Waals surface area contributed by atoms with Gasteiger partial charge in [-0.1, -0.05) is 0 Å². The van der Waals surface area contributed by atoms with Gasteiger partial charge in [0.05, 0.1) is 12.0 Å². The smallest absolute Gasteiger partial charge is 0.0952 e. The summed E-state index contributed by atoms with van der Waals surface area (Å²) in [7, 11) is 0. The molecule has 2 heterocycles. The van der Waals surface area contributed by atoms with E-state index in [1.165, 1.54) is 44.5 Å². The molecule has 1 atom stereocenters. The monoisotopic (exact) mass is 248 g/mol. The molecule has 18 heavy (non-hydrogen) atoms. The molecule has 0 spiro atoms. The summed E-state index contributed by atoms with van der Waals surface area (Å²) in [5.41, 5.74) is 1.18. The van der Waals surface area contributed by atoms with Gasteiger partial charge in [-0.3, -0.25) is 0 Å².